The van der Waals surface area contributed by atoms with Gasteiger partial charge in [0.1, 0.15) is 10.6 Å². The Balaban J connectivity index is 1.81. The summed E-state index contributed by atoms with van der Waals surface area (Å²) in [6, 6.07) is 12.8. The maximum Gasteiger partial charge on any atom is 0.246 e. The average Bonchev–Trinajstić information content (AvgIpc) is 2.62. The number of hydrogen-bond donors (Lipinski definition) is 0. The molecule has 0 saturated carbocycles. The molecule has 1 aliphatic rings. The lowest BCUT2D eigenvalue weighted by molar-refractivity contribution is 0.374. The van der Waals surface area contributed by atoms with E-state index >= 15 is 0 Å². The smallest absolute Gasteiger partial charge is 0.246 e. The van der Waals surface area contributed by atoms with Crippen molar-refractivity contribution in [3.8, 4) is 5.75 Å². The Morgan fingerprint density at radius 2 is 1.72 bits per heavy atom. The van der Waals surface area contributed by atoms with Crippen LogP contribution in [-0.4, -0.2) is 46.0 Å². The first-order chi connectivity index (χ1) is 11.9. The lowest BCUT2D eigenvalue weighted by atomic mass is 10.2. The SMILES string of the molecule is COc1ccc(C)cc1S(=O)(=O)N1CCN(c2ccccc2Cl)CC1. The van der Waals surface area contributed by atoms with Crippen LogP contribution in [0.1, 0.15) is 5.56 Å². The Kier molecular flexibility index (Phi) is 5.22. The van der Waals surface area contributed by atoms with Crippen molar-refractivity contribution in [1.82, 2.24) is 4.31 Å². The second-order valence-electron chi connectivity index (χ2n) is 6.00. The predicted molar refractivity (Wildman–Crippen MR) is 100 cm³/mol. The molecule has 0 unspecified atom stereocenters. The first-order valence-electron chi connectivity index (χ1n) is 8.08. The van der Waals surface area contributed by atoms with Crippen molar-refractivity contribution in [2.24, 2.45) is 0 Å². The minimum Gasteiger partial charge on any atom is -0.495 e. The molecular weight excluding hydrogens is 360 g/mol. The number of para-hydroxylation sites is 1. The normalized spacial score (nSPS) is 16.0. The van der Waals surface area contributed by atoms with Crippen molar-refractivity contribution in [3.05, 3.63) is 53.1 Å². The van der Waals surface area contributed by atoms with Gasteiger partial charge < -0.3 is 9.64 Å². The highest BCUT2D eigenvalue weighted by Crippen LogP contribution is 2.30. The number of hydrogen-bond acceptors (Lipinski definition) is 4. The molecule has 2 aromatic carbocycles. The molecule has 0 amide bonds. The van der Waals surface area contributed by atoms with Crippen LogP contribution in [0.5, 0.6) is 5.75 Å². The molecular formula is C18H21ClN2O3S. The monoisotopic (exact) mass is 380 g/mol. The highest BCUT2D eigenvalue weighted by Gasteiger charge is 2.31. The van der Waals surface area contributed by atoms with E-state index in [1.54, 1.807) is 12.1 Å². The van der Waals surface area contributed by atoms with Crippen molar-refractivity contribution in [1.29, 1.82) is 0 Å². The van der Waals surface area contributed by atoms with Crippen LogP contribution >= 0.6 is 11.6 Å². The molecule has 134 valence electrons. The third-order valence-corrected chi connectivity index (χ3v) is 6.61. The number of halogens is 1. The average molecular weight is 381 g/mol. The summed E-state index contributed by atoms with van der Waals surface area (Å²) in [5.74, 6) is 0.374. The molecule has 0 aromatic heterocycles. The molecule has 3 rings (SSSR count). The molecule has 7 heteroatoms. The molecule has 1 heterocycles. The number of nitrogens with zero attached hydrogens (tertiary/aromatic N) is 2. The summed E-state index contributed by atoms with van der Waals surface area (Å²) < 4.78 is 32.8. The predicted octanol–water partition coefficient (Wildman–Crippen LogP) is 3.17. The zero-order valence-electron chi connectivity index (χ0n) is 14.3. The van der Waals surface area contributed by atoms with E-state index in [-0.39, 0.29) is 4.90 Å². The first kappa shape index (κ1) is 18.0. The molecule has 0 atom stereocenters. The first-order valence-corrected chi connectivity index (χ1v) is 9.89. The molecule has 5 nitrogen and oxygen atoms in total. The summed E-state index contributed by atoms with van der Waals surface area (Å²) in [5.41, 5.74) is 1.82. The molecule has 0 bridgehead atoms. The van der Waals surface area contributed by atoms with Gasteiger partial charge in [-0.25, -0.2) is 8.42 Å². The van der Waals surface area contributed by atoms with Crippen molar-refractivity contribution in [2.45, 2.75) is 11.8 Å². The third kappa shape index (κ3) is 3.61. The lowest BCUT2D eigenvalue weighted by Crippen LogP contribution is -2.48. The molecule has 1 fully saturated rings. The maximum atomic E-state index is 13.0. The fraction of sp³-hybridized carbons (Fsp3) is 0.333. The van der Waals surface area contributed by atoms with E-state index in [1.807, 2.05) is 37.3 Å². The van der Waals surface area contributed by atoms with E-state index in [0.717, 1.165) is 11.3 Å². The van der Waals surface area contributed by atoms with E-state index in [9.17, 15) is 8.42 Å². The fourth-order valence-electron chi connectivity index (χ4n) is 3.00. The number of benzene rings is 2. The van der Waals surface area contributed by atoms with Gasteiger partial charge in [-0.3, -0.25) is 0 Å². The van der Waals surface area contributed by atoms with Gasteiger partial charge in [0, 0.05) is 26.2 Å². The quantitative estimate of drug-likeness (QED) is 0.817. The van der Waals surface area contributed by atoms with Gasteiger partial charge in [-0.2, -0.15) is 4.31 Å². The van der Waals surface area contributed by atoms with E-state index in [4.69, 9.17) is 16.3 Å². The molecule has 0 N–H and O–H groups in total. The number of piperazine rings is 1. The lowest BCUT2D eigenvalue weighted by Gasteiger charge is -2.36. The number of methoxy groups -OCH3 is 1. The van der Waals surface area contributed by atoms with E-state index in [1.165, 1.54) is 11.4 Å². The second kappa shape index (κ2) is 7.23. The van der Waals surface area contributed by atoms with Crippen LogP contribution in [0.2, 0.25) is 5.02 Å². The molecule has 1 saturated heterocycles. The molecule has 0 spiro atoms. The molecule has 2 aromatic rings. The van der Waals surface area contributed by atoms with Gasteiger partial charge in [0.05, 0.1) is 17.8 Å². The molecule has 0 radical (unpaired) electrons. The minimum absolute atomic E-state index is 0.223. The van der Waals surface area contributed by atoms with Crippen molar-refractivity contribution in [2.75, 3.05) is 38.2 Å². The zero-order chi connectivity index (χ0) is 18.0. The van der Waals surface area contributed by atoms with Crippen LogP contribution in [-0.2, 0) is 10.0 Å². The zero-order valence-corrected chi connectivity index (χ0v) is 15.8. The van der Waals surface area contributed by atoms with E-state index in [2.05, 4.69) is 4.90 Å². The maximum absolute atomic E-state index is 13.0. The van der Waals surface area contributed by atoms with Crippen molar-refractivity contribution < 1.29 is 13.2 Å². The van der Waals surface area contributed by atoms with Crippen LogP contribution in [0, 0.1) is 6.92 Å². The second-order valence-corrected chi connectivity index (χ2v) is 8.31. The molecule has 1 aliphatic heterocycles. The summed E-state index contributed by atoms with van der Waals surface area (Å²) in [5, 5.41) is 0.680. The van der Waals surface area contributed by atoms with E-state index in [0.29, 0.717) is 37.0 Å². The Hall–Kier alpha value is -1.76. The number of sulfonamides is 1. The van der Waals surface area contributed by atoms with Crippen LogP contribution < -0.4 is 9.64 Å². The molecule has 0 aliphatic carbocycles. The summed E-state index contributed by atoms with van der Waals surface area (Å²) in [4.78, 5) is 2.34. The summed E-state index contributed by atoms with van der Waals surface area (Å²) in [7, 11) is -2.11. The molecule has 25 heavy (non-hydrogen) atoms. The van der Waals surface area contributed by atoms with Crippen molar-refractivity contribution >= 4 is 27.3 Å². The number of aryl methyl sites for hydroxylation is 1. The van der Waals surface area contributed by atoms with Gasteiger partial charge in [-0.15, -0.1) is 0 Å². The van der Waals surface area contributed by atoms with Crippen molar-refractivity contribution in [3.63, 3.8) is 0 Å². The van der Waals surface area contributed by atoms with Gasteiger partial charge in [-0.1, -0.05) is 29.8 Å². The topological polar surface area (TPSA) is 49.9 Å². The van der Waals surface area contributed by atoms with Crippen LogP contribution in [0.25, 0.3) is 0 Å². The Morgan fingerprint density at radius 1 is 1.04 bits per heavy atom. The Morgan fingerprint density at radius 3 is 2.36 bits per heavy atom. The Bertz CT molecular complexity index is 862. The fourth-order valence-corrected chi connectivity index (χ4v) is 4.92. The summed E-state index contributed by atoms with van der Waals surface area (Å²) in [6.07, 6.45) is 0. The Labute approximate surface area is 153 Å². The van der Waals surface area contributed by atoms with Crippen LogP contribution in [0.15, 0.2) is 47.4 Å². The van der Waals surface area contributed by atoms with Gasteiger partial charge in [0.15, 0.2) is 0 Å². The minimum atomic E-state index is -3.59. The van der Waals surface area contributed by atoms with Gasteiger partial charge in [0.2, 0.25) is 10.0 Å². The summed E-state index contributed by atoms with van der Waals surface area (Å²) in [6.45, 7) is 3.87. The number of anilines is 1. The highest BCUT2D eigenvalue weighted by molar-refractivity contribution is 7.89. The summed E-state index contributed by atoms with van der Waals surface area (Å²) >= 11 is 6.25. The van der Waals surface area contributed by atoms with Crippen LogP contribution in [0.4, 0.5) is 5.69 Å². The number of rotatable bonds is 4. The largest absolute Gasteiger partial charge is 0.495 e. The van der Waals surface area contributed by atoms with Crippen LogP contribution in [0.3, 0.4) is 0 Å². The van der Waals surface area contributed by atoms with Gasteiger partial charge in [-0.05, 0) is 36.8 Å². The van der Waals surface area contributed by atoms with Gasteiger partial charge >= 0.3 is 0 Å². The van der Waals surface area contributed by atoms with Gasteiger partial charge in [0.25, 0.3) is 0 Å². The standard InChI is InChI=1S/C18H21ClN2O3S/c1-14-7-8-17(24-2)18(13-14)25(22,23)21-11-9-20(10-12-21)16-6-4-3-5-15(16)19/h3-8,13H,9-12H2,1-2H3. The third-order valence-electron chi connectivity index (χ3n) is 4.37. The number of ether oxygens (including phenoxy) is 1. The van der Waals surface area contributed by atoms with E-state index < -0.39 is 10.0 Å². The highest BCUT2D eigenvalue weighted by atomic mass is 35.5.